The first-order valence-electron chi connectivity index (χ1n) is 9.19. The van der Waals surface area contributed by atoms with Gasteiger partial charge in [0.25, 0.3) is 0 Å². The fraction of sp³-hybridized carbons (Fsp3) is 0.429. The van der Waals surface area contributed by atoms with Gasteiger partial charge in [0.1, 0.15) is 17.3 Å². The van der Waals surface area contributed by atoms with Gasteiger partial charge in [-0.05, 0) is 35.4 Å². The summed E-state index contributed by atoms with van der Waals surface area (Å²) in [6.45, 7) is 4.64. The molecule has 2 aromatic carbocycles. The van der Waals surface area contributed by atoms with Crippen molar-refractivity contribution >= 4 is 0 Å². The van der Waals surface area contributed by atoms with Gasteiger partial charge in [-0.15, -0.1) is 0 Å². The minimum absolute atomic E-state index is 0.169. The number of halogens is 1. The first-order valence-corrected chi connectivity index (χ1v) is 9.19. The highest BCUT2D eigenvalue weighted by atomic mass is 19.1. The van der Waals surface area contributed by atoms with Crippen molar-refractivity contribution < 1.29 is 18.6 Å². The van der Waals surface area contributed by atoms with Crippen LogP contribution in [0, 0.1) is 5.82 Å². The summed E-state index contributed by atoms with van der Waals surface area (Å²) in [5, 5.41) is 3.53. The predicted molar refractivity (Wildman–Crippen MR) is 103 cm³/mol. The Hall–Kier alpha value is -2.15. The van der Waals surface area contributed by atoms with E-state index in [4.69, 9.17) is 14.2 Å². The van der Waals surface area contributed by atoms with Gasteiger partial charge in [0, 0.05) is 38.3 Å². The molecule has 0 aromatic heterocycles. The molecule has 0 amide bonds. The number of nitrogens with one attached hydrogen (secondary N) is 1. The molecule has 146 valence electrons. The third-order valence-electron chi connectivity index (χ3n) is 4.82. The molecule has 1 N–H and O–H groups in total. The zero-order chi connectivity index (χ0) is 19.1. The van der Waals surface area contributed by atoms with Gasteiger partial charge >= 0.3 is 0 Å². The first-order chi connectivity index (χ1) is 13.2. The fourth-order valence-corrected chi connectivity index (χ4v) is 3.35. The van der Waals surface area contributed by atoms with Crippen molar-refractivity contribution in [1.29, 1.82) is 0 Å². The van der Waals surface area contributed by atoms with Crippen LogP contribution in [-0.2, 0) is 11.3 Å². The van der Waals surface area contributed by atoms with Crippen LogP contribution in [0.5, 0.6) is 11.5 Å². The molecular formula is C21H27FN2O3. The Labute approximate surface area is 160 Å². The van der Waals surface area contributed by atoms with Crippen LogP contribution in [0.4, 0.5) is 4.39 Å². The molecule has 1 heterocycles. The molecule has 0 radical (unpaired) electrons. The second-order valence-corrected chi connectivity index (χ2v) is 6.57. The number of morpholine rings is 1. The Kier molecular flexibility index (Phi) is 7.04. The molecule has 0 aliphatic carbocycles. The van der Waals surface area contributed by atoms with Crippen LogP contribution in [0.1, 0.15) is 17.2 Å². The van der Waals surface area contributed by atoms with Crippen LogP contribution in [0.3, 0.4) is 0 Å². The van der Waals surface area contributed by atoms with Crippen molar-refractivity contribution in [1.82, 2.24) is 10.2 Å². The van der Waals surface area contributed by atoms with Gasteiger partial charge in [0.15, 0.2) is 0 Å². The molecule has 1 saturated heterocycles. The molecule has 1 fully saturated rings. The predicted octanol–water partition coefficient (Wildman–Crippen LogP) is 3.01. The maximum Gasteiger partial charge on any atom is 0.123 e. The summed E-state index contributed by atoms with van der Waals surface area (Å²) in [5.41, 5.74) is 2.19. The average Bonchev–Trinajstić information content (AvgIpc) is 2.72. The topological polar surface area (TPSA) is 43.0 Å². The smallest absolute Gasteiger partial charge is 0.123 e. The van der Waals surface area contributed by atoms with E-state index in [-0.39, 0.29) is 11.9 Å². The maximum absolute atomic E-state index is 13.3. The summed E-state index contributed by atoms with van der Waals surface area (Å²) in [6, 6.07) is 12.8. The number of nitrogens with zero attached hydrogens (tertiary/aromatic N) is 1. The minimum Gasteiger partial charge on any atom is -0.497 e. The van der Waals surface area contributed by atoms with Gasteiger partial charge in [-0.25, -0.2) is 4.39 Å². The van der Waals surface area contributed by atoms with E-state index in [1.54, 1.807) is 14.2 Å². The highest BCUT2D eigenvalue weighted by molar-refractivity contribution is 5.38. The van der Waals surface area contributed by atoms with Crippen molar-refractivity contribution in [2.24, 2.45) is 0 Å². The van der Waals surface area contributed by atoms with E-state index < -0.39 is 0 Å². The number of ether oxygens (including phenoxy) is 3. The van der Waals surface area contributed by atoms with Crippen LogP contribution in [0.15, 0.2) is 42.5 Å². The number of benzene rings is 2. The molecule has 6 heteroatoms. The average molecular weight is 374 g/mol. The molecule has 0 unspecified atom stereocenters. The summed E-state index contributed by atoms with van der Waals surface area (Å²) in [5.74, 6) is 1.33. The minimum atomic E-state index is -0.212. The third kappa shape index (κ3) is 5.42. The molecule has 1 aliphatic heterocycles. The van der Waals surface area contributed by atoms with Crippen LogP contribution in [0.2, 0.25) is 0 Å². The van der Waals surface area contributed by atoms with Gasteiger partial charge in [-0.1, -0.05) is 12.1 Å². The number of rotatable bonds is 8. The van der Waals surface area contributed by atoms with Gasteiger partial charge in [0.05, 0.1) is 27.4 Å². The zero-order valence-corrected chi connectivity index (χ0v) is 15.9. The Morgan fingerprint density at radius 3 is 2.26 bits per heavy atom. The monoisotopic (exact) mass is 374 g/mol. The standard InChI is InChI=1S/C21H27FN2O3/c1-25-19-11-16(12-20(13-19)26-2)14-23-15-21(24-7-9-27-10-8-24)17-3-5-18(22)6-4-17/h3-6,11-13,21,23H,7-10,14-15H2,1-2H3/t21-/m1/s1. The summed E-state index contributed by atoms with van der Waals surface area (Å²) in [7, 11) is 3.30. The van der Waals surface area contributed by atoms with Gasteiger partial charge in [-0.2, -0.15) is 0 Å². The van der Waals surface area contributed by atoms with Crippen LogP contribution in [0.25, 0.3) is 0 Å². The van der Waals surface area contributed by atoms with Crippen molar-refractivity contribution in [2.45, 2.75) is 12.6 Å². The normalized spacial score (nSPS) is 16.1. The maximum atomic E-state index is 13.3. The van der Waals surface area contributed by atoms with Crippen molar-refractivity contribution in [3.8, 4) is 11.5 Å². The lowest BCUT2D eigenvalue weighted by Gasteiger charge is -2.35. The van der Waals surface area contributed by atoms with E-state index in [2.05, 4.69) is 10.2 Å². The molecule has 5 nitrogen and oxygen atoms in total. The van der Waals surface area contributed by atoms with E-state index in [1.807, 2.05) is 30.3 Å². The molecule has 2 aromatic rings. The molecule has 27 heavy (non-hydrogen) atoms. The van der Waals surface area contributed by atoms with Crippen molar-refractivity contribution in [3.05, 3.63) is 59.4 Å². The molecule has 1 atom stereocenters. The van der Waals surface area contributed by atoms with E-state index in [0.29, 0.717) is 6.54 Å². The molecular weight excluding hydrogens is 347 g/mol. The molecule has 0 saturated carbocycles. The molecule has 0 bridgehead atoms. The lowest BCUT2D eigenvalue weighted by atomic mass is 10.0. The van der Waals surface area contributed by atoms with Gasteiger partial charge < -0.3 is 19.5 Å². The Morgan fingerprint density at radius 1 is 1.04 bits per heavy atom. The number of hydrogen-bond donors (Lipinski definition) is 1. The van der Waals surface area contributed by atoms with Gasteiger partial charge in [-0.3, -0.25) is 4.90 Å². The van der Waals surface area contributed by atoms with Crippen LogP contribution >= 0.6 is 0 Å². The van der Waals surface area contributed by atoms with Crippen LogP contribution in [-0.4, -0.2) is 52.0 Å². The van der Waals surface area contributed by atoms with Crippen molar-refractivity contribution in [2.75, 3.05) is 47.1 Å². The first kappa shape index (κ1) is 19.6. The van der Waals surface area contributed by atoms with Crippen LogP contribution < -0.4 is 14.8 Å². The molecule has 1 aliphatic rings. The zero-order valence-electron chi connectivity index (χ0n) is 15.9. The third-order valence-corrected chi connectivity index (χ3v) is 4.82. The summed E-state index contributed by atoms with van der Waals surface area (Å²) in [6.07, 6.45) is 0. The lowest BCUT2D eigenvalue weighted by molar-refractivity contribution is 0.0161. The second-order valence-electron chi connectivity index (χ2n) is 6.57. The molecule has 3 rings (SSSR count). The largest absolute Gasteiger partial charge is 0.497 e. The Morgan fingerprint density at radius 2 is 1.67 bits per heavy atom. The molecule has 0 spiro atoms. The second kappa shape index (κ2) is 9.69. The summed E-state index contributed by atoms with van der Waals surface area (Å²) < 4.78 is 29.5. The summed E-state index contributed by atoms with van der Waals surface area (Å²) in [4.78, 5) is 2.38. The lowest BCUT2D eigenvalue weighted by Crippen LogP contribution is -2.42. The number of methoxy groups -OCH3 is 2. The highest BCUT2D eigenvalue weighted by Gasteiger charge is 2.22. The van der Waals surface area contributed by atoms with E-state index >= 15 is 0 Å². The quantitative estimate of drug-likeness (QED) is 0.769. The Balaban J connectivity index is 1.68. The number of hydrogen-bond acceptors (Lipinski definition) is 5. The summed E-state index contributed by atoms with van der Waals surface area (Å²) >= 11 is 0. The van der Waals surface area contributed by atoms with E-state index in [0.717, 1.165) is 55.5 Å². The highest BCUT2D eigenvalue weighted by Crippen LogP contribution is 2.24. The van der Waals surface area contributed by atoms with E-state index in [1.165, 1.54) is 12.1 Å². The van der Waals surface area contributed by atoms with Crippen molar-refractivity contribution in [3.63, 3.8) is 0 Å². The van der Waals surface area contributed by atoms with E-state index in [9.17, 15) is 4.39 Å². The SMILES string of the molecule is COc1cc(CNC[C@H](c2ccc(F)cc2)N2CCOCC2)cc(OC)c1. The fourth-order valence-electron chi connectivity index (χ4n) is 3.35. The van der Waals surface area contributed by atoms with Gasteiger partial charge in [0.2, 0.25) is 0 Å². The Bertz CT molecular complexity index is 696.